The van der Waals surface area contributed by atoms with Gasteiger partial charge in [-0.25, -0.2) is 0 Å². The summed E-state index contributed by atoms with van der Waals surface area (Å²) < 4.78 is 5.24. The van der Waals surface area contributed by atoms with E-state index < -0.39 is 0 Å². The van der Waals surface area contributed by atoms with Crippen molar-refractivity contribution in [3.63, 3.8) is 0 Å². The Kier molecular flexibility index (Phi) is 5.24. The summed E-state index contributed by atoms with van der Waals surface area (Å²) in [6, 6.07) is 8.08. The van der Waals surface area contributed by atoms with Crippen LogP contribution in [0, 0.1) is 23.2 Å². The maximum absolute atomic E-state index is 12.9. The molecular weight excluding hydrogens is 376 g/mol. The lowest BCUT2D eigenvalue weighted by atomic mass is 9.49. The summed E-state index contributed by atoms with van der Waals surface area (Å²) in [5, 5.41) is 2.97. The normalized spacial score (nSPS) is 34.2. The third-order valence-electron chi connectivity index (χ3n) is 8.21. The molecule has 4 aliphatic carbocycles. The highest BCUT2D eigenvalue weighted by atomic mass is 16.5. The summed E-state index contributed by atoms with van der Waals surface area (Å²) in [7, 11) is 1.66. The predicted molar refractivity (Wildman–Crippen MR) is 115 cm³/mol. The van der Waals surface area contributed by atoms with Gasteiger partial charge in [0.05, 0.1) is 19.7 Å². The lowest BCUT2D eigenvalue weighted by molar-refractivity contribution is -0.136. The third kappa shape index (κ3) is 3.83. The molecule has 2 amide bonds. The zero-order chi connectivity index (χ0) is 20.7. The van der Waals surface area contributed by atoms with Gasteiger partial charge in [0.25, 0.3) is 0 Å². The first-order valence-electron chi connectivity index (χ1n) is 11.7. The minimum atomic E-state index is 0.0344. The van der Waals surface area contributed by atoms with Gasteiger partial charge in [0.2, 0.25) is 11.8 Å². The van der Waals surface area contributed by atoms with E-state index in [0.29, 0.717) is 6.42 Å². The van der Waals surface area contributed by atoms with E-state index >= 15 is 0 Å². The van der Waals surface area contributed by atoms with Gasteiger partial charge in [-0.15, -0.1) is 0 Å². The zero-order valence-electron chi connectivity index (χ0n) is 18.1. The number of ether oxygens (including phenoxy) is 1. The van der Waals surface area contributed by atoms with Crippen molar-refractivity contribution in [3.8, 4) is 5.75 Å². The summed E-state index contributed by atoms with van der Waals surface area (Å²) in [5.41, 5.74) is 1.36. The Hall–Kier alpha value is -2.04. The van der Waals surface area contributed by atoms with Gasteiger partial charge in [-0.05, 0) is 92.2 Å². The summed E-state index contributed by atoms with van der Waals surface area (Å²) in [4.78, 5) is 27.6. The number of hydrogen-bond acceptors (Lipinski definition) is 3. The van der Waals surface area contributed by atoms with E-state index in [-0.39, 0.29) is 29.8 Å². The summed E-state index contributed by atoms with van der Waals surface area (Å²) in [5.74, 6) is 3.48. The van der Waals surface area contributed by atoms with E-state index in [1.54, 1.807) is 7.11 Å². The molecule has 0 spiro atoms. The maximum atomic E-state index is 12.9. The van der Waals surface area contributed by atoms with Crippen molar-refractivity contribution in [1.29, 1.82) is 0 Å². The molecule has 5 aliphatic rings. The first kappa shape index (κ1) is 19.9. The lowest BCUT2D eigenvalue weighted by Gasteiger charge is -2.56. The summed E-state index contributed by atoms with van der Waals surface area (Å²) in [6.07, 6.45) is 10.4. The zero-order valence-corrected chi connectivity index (χ0v) is 18.1. The minimum Gasteiger partial charge on any atom is -0.497 e. The fourth-order valence-electron chi connectivity index (χ4n) is 7.42. The lowest BCUT2D eigenvalue weighted by Crippen LogP contribution is -2.48. The second-order valence-electron chi connectivity index (χ2n) is 10.4. The van der Waals surface area contributed by atoms with Crippen LogP contribution < -0.4 is 10.1 Å². The van der Waals surface area contributed by atoms with Gasteiger partial charge in [0.1, 0.15) is 5.75 Å². The van der Waals surface area contributed by atoms with Gasteiger partial charge >= 0.3 is 0 Å². The van der Waals surface area contributed by atoms with Crippen LogP contribution in [0.4, 0.5) is 0 Å². The second-order valence-corrected chi connectivity index (χ2v) is 10.4. The minimum absolute atomic E-state index is 0.0344. The second kappa shape index (κ2) is 7.90. The summed E-state index contributed by atoms with van der Waals surface area (Å²) >= 11 is 0. The highest BCUT2D eigenvalue weighted by Gasteiger charge is 2.51. The van der Waals surface area contributed by atoms with Crippen LogP contribution in [0.2, 0.25) is 0 Å². The monoisotopic (exact) mass is 410 g/mol. The van der Waals surface area contributed by atoms with Crippen molar-refractivity contribution < 1.29 is 14.3 Å². The molecule has 1 atom stereocenters. The van der Waals surface area contributed by atoms with Crippen molar-refractivity contribution in [2.45, 2.75) is 63.8 Å². The predicted octanol–water partition coefficient (Wildman–Crippen LogP) is 4.08. The van der Waals surface area contributed by atoms with Crippen LogP contribution in [0.15, 0.2) is 24.3 Å². The molecule has 162 valence electrons. The molecule has 5 nitrogen and oxygen atoms in total. The molecule has 6 rings (SSSR count). The Morgan fingerprint density at radius 2 is 1.70 bits per heavy atom. The number of carbonyl (C=O) groups excluding carboxylic acids is 2. The number of nitrogens with zero attached hydrogens (tertiary/aromatic N) is 1. The number of benzene rings is 1. The van der Waals surface area contributed by atoms with Crippen molar-refractivity contribution in [1.82, 2.24) is 10.2 Å². The number of methoxy groups -OCH3 is 1. The smallest absolute Gasteiger partial charge is 0.242 e. The van der Waals surface area contributed by atoms with E-state index in [2.05, 4.69) is 5.32 Å². The molecular formula is C25H34N2O3. The van der Waals surface area contributed by atoms with E-state index in [1.165, 1.54) is 38.5 Å². The van der Waals surface area contributed by atoms with Gasteiger partial charge in [-0.3, -0.25) is 9.59 Å². The van der Waals surface area contributed by atoms with Crippen molar-refractivity contribution >= 4 is 11.8 Å². The van der Waals surface area contributed by atoms with Crippen molar-refractivity contribution in [3.05, 3.63) is 29.8 Å². The van der Waals surface area contributed by atoms with E-state index in [0.717, 1.165) is 48.5 Å². The number of likely N-dealkylation sites (tertiary alicyclic amines) is 1. The number of carbonyl (C=O) groups is 2. The number of hydrogen-bond donors (Lipinski definition) is 1. The third-order valence-corrected chi connectivity index (χ3v) is 8.21. The Morgan fingerprint density at radius 3 is 2.30 bits per heavy atom. The number of amides is 2. The van der Waals surface area contributed by atoms with E-state index in [9.17, 15) is 9.59 Å². The van der Waals surface area contributed by atoms with E-state index in [1.807, 2.05) is 29.2 Å². The topological polar surface area (TPSA) is 58.6 Å². The van der Waals surface area contributed by atoms with Crippen LogP contribution in [0.25, 0.3) is 0 Å². The van der Waals surface area contributed by atoms with Gasteiger partial charge in [-0.2, -0.15) is 0 Å². The largest absolute Gasteiger partial charge is 0.497 e. The Balaban J connectivity index is 1.16. The first-order valence-corrected chi connectivity index (χ1v) is 11.7. The fourth-order valence-corrected chi connectivity index (χ4v) is 7.42. The molecule has 30 heavy (non-hydrogen) atoms. The molecule has 4 bridgehead atoms. The molecule has 0 radical (unpaired) electrons. The highest BCUT2D eigenvalue weighted by molar-refractivity contribution is 5.85. The molecule has 0 aromatic heterocycles. The molecule has 1 aromatic rings. The molecule has 1 aromatic carbocycles. The number of rotatable bonds is 6. The standard InChI is InChI=1S/C25H34N2O3/c1-30-21-6-4-20(5-7-21)22-3-2-8-27(22)24(29)16-26-23(28)15-25-12-17-9-18(13-25)11-19(10-17)14-25/h4-7,17-19,22H,2-3,8-16H2,1H3,(H,26,28). The average Bonchev–Trinajstić information content (AvgIpc) is 3.21. The van der Waals surface area contributed by atoms with Crippen LogP contribution >= 0.6 is 0 Å². The Morgan fingerprint density at radius 1 is 1.07 bits per heavy atom. The van der Waals surface area contributed by atoms with Crippen LogP contribution in [-0.4, -0.2) is 36.9 Å². The van der Waals surface area contributed by atoms with Crippen LogP contribution in [0.1, 0.15) is 69.4 Å². The van der Waals surface area contributed by atoms with Crippen molar-refractivity contribution in [2.75, 3.05) is 20.2 Å². The summed E-state index contributed by atoms with van der Waals surface area (Å²) in [6.45, 7) is 0.887. The van der Waals surface area contributed by atoms with Gasteiger partial charge in [0, 0.05) is 13.0 Å². The molecule has 1 aliphatic heterocycles. The fraction of sp³-hybridized carbons (Fsp3) is 0.680. The van der Waals surface area contributed by atoms with Crippen LogP contribution in [0.5, 0.6) is 5.75 Å². The quantitative estimate of drug-likeness (QED) is 0.769. The molecule has 5 fully saturated rings. The molecule has 1 N–H and O–H groups in total. The van der Waals surface area contributed by atoms with Gasteiger partial charge in [0.15, 0.2) is 0 Å². The molecule has 4 saturated carbocycles. The van der Waals surface area contributed by atoms with Crippen molar-refractivity contribution in [2.24, 2.45) is 23.2 Å². The number of nitrogens with one attached hydrogen (secondary N) is 1. The maximum Gasteiger partial charge on any atom is 0.242 e. The Bertz CT molecular complexity index is 768. The first-order chi connectivity index (χ1) is 14.5. The average molecular weight is 411 g/mol. The molecule has 1 heterocycles. The van der Waals surface area contributed by atoms with Gasteiger partial charge in [-0.1, -0.05) is 12.1 Å². The molecule has 5 heteroatoms. The molecule has 1 saturated heterocycles. The van der Waals surface area contributed by atoms with Crippen LogP contribution in [0.3, 0.4) is 0 Å². The Labute approximate surface area is 179 Å². The highest BCUT2D eigenvalue weighted by Crippen LogP contribution is 2.61. The van der Waals surface area contributed by atoms with Crippen LogP contribution in [-0.2, 0) is 9.59 Å². The van der Waals surface area contributed by atoms with Gasteiger partial charge < -0.3 is 15.0 Å². The van der Waals surface area contributed by atoms with E-state index in [4.69, 9.17) is 4.74 Å². The SMILES string of the molecule is COc1ccc(C2CCCN2C(=O)CNC(=O)CC23CC4CC(CC(C4)C2)C3)cc1. The molecule has 1 unspecified atom stereocenters.